The van der Waals surface area contributed by atoms with Gasteiger partial charge in [-0.15, -0.1) is 0 Å². The molecular formula is C23H18. The number of fused-ring (bicyclic) bond motifs is 2. The van der Waals surface area contributed by atoms with Gasteiger partial charge in [-0.1, -0.05) is 91.0 Å². The normalized spacial score (nSPS) is 11.5. The molecule has 0 fully saturated rings. The smallest absolute Gasteiger partial charge is 0.00939 e. The van der Waals surface area contributed by atoms with E-state index in [1.807, 2.05) is 0 Å². The highest BCUT2D eigenvalue weighted by Gasteiger charge is 1.95. The highest BCUT2D eigenvalue weighted by molar-refractivity contribution is 5.85. The molecular weight excluding hydrogens is 276 g/mol. The number of benzene rings is 4. The van der Waals surface area contributed by atoms with Gasteiger partial charge in [0.2, 0.25) is 0 Å². The van der Waals surface area contributed by atoms with E-state index >= 15 is 0 Å². The van der Waals surface area contributed by atoms with E-state index in [0.717, 1.165) is 6.42 Å². The van der Waals surface area contributed by atoms with Crippen LogP contribution in [0.4, 0.5) is 0 Å². The Hall–Kier alpha value is -2.86. The molecule has 0 radical (unpaired) electrons. The van der Waals surface area contributed by atoms with Gasteiger partial charge in [0.05, 0.1) is 0 Å². The first kappa shape index (κ1) is 13.8. The van der Waals surface area contributed by atoms with Crippen molar-refractivity contribution in [2.45, 2.75) is 6.42 Å². The molecule has 0 nitrogen and oxygen atoms in total. The lowest BCUT2D eigenvalue weighted by atomic mass is 10.0. The average Bonchev–Trinajstić information content (AvgIpc) is 2.61. The van der Waals surface area contributed by atoms with E-state index in [9.17, 15) is 0 Å². The summed E-state index contributed by atoms with van der Waals surface area (Å²) in [5, 5.41) is 5.19. The van der Waals surface area contributed by atoms with Crippen molar-refractivity contribution < 1.29 is 0 Å². The average molecular weight is 294 g/mol. The lowest BCUT2D eigenvalue weighted by Gasteiger charge is -2.02. The monoisotopic (exact) mass is 294 g/mol. The van der Waals surface area contributed by atoms with E-state index in [1.54, 1.807) is 0 Å². The molecule has 0 N–H and O–H groups in total. The van der Waals surface area contributed by atoms with Crippen LogP contribution in [0.15, 0.2) is 91.0 Å². The largest absolute Gasteiger partial charge is 0.0795 e. The Morgan fingerprint density at radius 1 is 0.565 bits per heavy atom. The molecule has 23 heavy (non-hydrogen) atoms. The fourth-order valence-corrected chi connectivity index (χ4v) is 3.01. The summed E-state index contributed by atoms with van der Waals surface area (Å²) in [5.41, 5.74) is 2.60. The van der Waals surface area contributed by atoms with Crippen molar-refractivity contribution >= 4 is 27.6 Å². The predicted molar refractivity (Wildman–Crippen MR) is 101 cm³/mol. The minimum absolute atomic E-state index is 0.956. The SMILES string of the molecule is C(=Cc1ccc2ccccc2c1)Cc1ccc2ccccc2c1. The summed E-state index contributed by atoms with van der Waals surface area (Å²) in [6, 6.07) is 30.3. The number of allylic oxidation sites excluding steroid dienone is 1. The molecule has 0 saturated heterocycles. The maximum Gasteiger partial charge on any atom is -0.00939 e. The van der Waals surface area contributed by atoms with Gasteiger partial charge in [-0.25, -0.2) is 0 Å². The molecule has 0 spiro atoms. The number of rotatable bonds is 3. The van der Waals surface area contributed by atoms with E-state index in [1.165, 1.54) is 32.7 Å². The molecule has 0 saturated carbocycles. The van der Waals surface area contributed by atoms with Crippen LogP contribution in [0.1, 0.15) is 11.1 Å². The van der Waals surface area contributed by atoms with Crippen LogP contribution in [0.5, 0.6) is 0 Å². The van der Waals surface area contributed by atoms with Crippen LogP contribution in [-0.2, 0) is 6.42 Å². The fraction of sp³-hybridized carbons (Fsp3) is 0.0435. The van der Waals surface area contributed by atoms with Gasteiger partial charge in [0.1, 0.15) is 0 Å². The second-order valence-corrected chi connectivity index (χ2v) is 5.89. The molecule has 0 atom stereocenters. The van der Waals surface area contributed by atoms with Crippen LogP contribution < -0.4 is 0 Å². The summed E-state index contributed by atoms with van der Waals surface area (Å²) in [6.45, 7) is 0. The van der Waals surface area contributed by atoms with Crippen LogP contribution in [-0.4, -0.2) is 0 Å². The second kappa shape index (κ2) is 6.10. The maximum atomic E-state index is 2.28. The van der Waals surface area contributed by atoms with Crippen molar-refractivity contribution in [1.29, 1.82) is 0 Å². The Balaban J connectivity index is 1.55. The van der Waals surface area contributed by atoms with Crippen molar-refractivity contribution in [2.24, 2.45) is 0 Å². The lowest BCUT2D eigenvalue weighted by Crippen LogP contribution is -1.82. The molecule has 4 aromatic rings. The molecule has 0 bridgehead atoms. The molecule has 110 valence electrons. The van der Waals surface area contributed by atoms with Crippen LogP contribution in [0, 0.1) is 0 Å². The van der Waals surface area contributed by atoms with E-state index in [0.29, 0.717) is 0 Å². The molecule has 0 amide bonds. The van der Waals surface area contributed by atoms with E-state index in [-0.39, 0.29) is 0 Å². The Kier molecular flexibility index (Phi) is 3.65. The summed E-state index contributed by atoms with van der Waals surface area (Å²) < 4.78 is 0. The predicted octanol–water partition coefficient (Wildman–Crippen LogP) is 6.25. The first-order chi connectivity index (χ1) is 11.4. The van der Waals surface area contributed by atoms with Gasteiger partial charge < -0.3 is 0 Å². The molecule has 0 aromatic heterocycles. The zero-order valence-corrected chi connectivity index (χ0v) is 12.9. The van der Waals surface area contributed by atoms with E-state index < -0.39 is 0 Å². The number of hydrogen-bond acceptors (Lipinski definition) is 0. The summed E-state index contributed by atoms with van der Waals surface area (Å²) in [6.07, 6.45) is 5.41. The van der Waals surface area contributed by atoms with Crippen LogP contribution >= 0.6 is 0 Å². The molecule has 0 aliphatic rings. The Bertz CT molecular complexity index is 993. The summed E-state index contributed by atoms with van der Waals surface area (Å²) in [4.78, 5) is 0. The van der Waals surface area contributed by atoms with Gasteiger partial charge >= 0.3 is 0 Å². The standard InChI is InChI=1S/C23H18/c1-3-10-22-16-18(12-14-20(22)8-1)6-5-7-19-13-15-21-9-2-4-11-23(21)17-19/h1-6,8-17H,7H2. The molecule has 4 aromatic carbocycles. The highest BCUT2D eigenvalue weighted by Crippen LogP contribution is 2.18. The van der Waals surface area contributed by atoms with E-state index in [4.69, 9.17) is 0 Å². The molecule has 0 aliphatic carbocycles. The van der Waals surface area contributed by atoms with Gasteiger partial charge in [0.15, 0.2) is 0 Å². The van der Waals surface area contributed by atoms with Gasteiger partial charge in [0.25, 0.3) is 0 Å². The zero-order chi connectivity index (χ0) is 15.5. The van der Waals surface area contributed by atoms with Crippen LogP contribution in [0.2, 0.25) is 0 Å². The summed E-state index contributed by atoms with van der Waals surface area (Å²) >= 11 is 0. The lowest BCUT2D eigenvalue weighted by molar-refractivity contribution is 1.29. The van der Waals surface area contributed by atoms with Gasteiger partial charge in [-0.2, -0.15) is 0 Å². The number of hydrogen-bond donors (Lipinski definition) is 0. The maximum absolute atomic E-state index is 2.28. The van der Waals surface area contributed by atoms with Crippen molar-refractivity contribution in [3.8, 4) is 0 Å². The topological polar surface area (TPSA) is 0 Å². The molecule has 0 heteroatoms. The minimum Gasteiger partial charge on any atom is -0.0795 e. The first-order valence-electron chi connectivity index (χ1n) is 8.01. The van der Waals surface area contributed by atoms with Gasteiger partial charge in [-0.05, 0) is 45.2 Å². The third-order valence-electron chi connectivity index (χ3n) is 4.25. The fourth-order valence-electron chi connectivity index (χ4n) is 3.01. The highest BCUT2D eigenvalue weighted by atomic mass is 14.0. The van der Waals surface area contributed by atoms with Crippen molar-refractivity contribution in [3.63, 3.8) is 0 Å². The first-order valence-corrected chi connectivity index (χ1v) is 8.01. The van der Waals surface area contributed by atoms with Crippen LogP contribution in [0.25, 0.3) is 27.6 Å². The van der Waals surface area contributed by atoms with Crippen molar-refractivity contribution in [3.05, 3.63) is 102 Å². The molecule has 0 aliphatic heterocycles. The van der Waals surface area contributed by atoms with E-state index in [2.05, 4.69) is 97.1 Å². The zero-order valence-electron chi connectivity index (χ0n) is 12.9. The van der Waals surface area contributed by atoms with Gasteiger partial charge in [0, 0.05) is 0 Å². The Morgan fingerprint density at radius 3 is 1.91 bits per heavy atom. The summed E-state index contributed by atoms with van der Waals surface area (Å²) in [5.74, 6) is 0. The molecule has 0 unspecified atom stereocenters. The van der Waals surface area contributed by atoms with Crippen LogP contribution in [0.3, 0.4) is 0 Å². The Labute approximate surface area is 136 Å². The van der Waals surface area contributed by atoms with Gasteiger partial charge in [-0.3, -0.25) is 0 Å². The quantitative estimate of drug-likeness (QED) is 0.419. The van der Waals surface area contributed by atoms with Crippen molar-refractivity contribution in [2.75, 3.05) is 0 Å². The van der Waals surface area contributed by atoms with Crippen molar-refractivity contribution in [1.82, 2.24) is 0 Å². The third kappa shape index (κ3) is 3.02. The molecule has 4 rings (SSSR count). The second-order valence-electron chi connectivity index (χ2n) is 5.89. The third-order valence-corrected chi connectivity index (χ3v) is 4.25. The minimum atomic E-state index is 0.956. The summed E-state index contributed by atoms with van der Waals surface area (Å²) in [7, 11) is 0. The molecule has 0 heterocycles. The Morgan fingerprint density at radius 2 is 1.17 bits per heavy atom.